The van der Waals surface area contributed by atoms with Crippen molar-refractivity contribution in [2.45, 2.75) is 32.3 Å². The molecule has 0 aromatic carbocycles. The zero-order valence-electron chi connectivity index (χ0n) is 8.38. The van der Waals surface area contributed by atoms with Crippen molar-refractivity contribution in [2.24, 2.45) is 5.92 Å². The standard InChI is InChI=1S/C11H19NO/c1-3-4-5-8-13-11-9-12-7-6-10(11)2/h1,10-12H,4-9H2,2H3. The Morgan fingerprint density at radius 2 is 2.46 bits per heavy atom. The molecule has 2 atom stereocenters. The molecule has 0 aromatic rings. The van der Waals surface area contributed by atoms with E-state index in [4.69, 9.17) is 11.2 Å². The third kappa shape index (κ3) is 3.80. The van der Waals surface area contributed by atoms with Gasteiger partial charge in [0.2, 0.25) is 0 Å². The van der Waals surface area contributed by atoms with Crippen molar-refractivity contribution in [3.05, 3.63) is 0 Å². The third-order valence-electron chi connectivity index (χ3n) is 2.55. The van der Waals surface area contributed by atoms with Crippen molar-refractivity contribution in [3.8, 4) is 12.3 Å². The molecule has 2 heteroatoms. The Labute approximate surface area is 81.0 Å². The van der Waals surface area contributed by atoms with Crippen molar-refractivity contribution in [1.29, 1.82) is 0 Å². The highest BCUT2D eigenvalue weighted by Gasteiger charge is 2.20. The first-order chi connectivity index (χ1) is 6.34. The minimum Gasteiger partial charge on any atom is -0.377 e. The van der Waals surface area contributed by atoms with Crippen LogP contribution in [-0.4, -0.2) is 25.8 Å². The molecule has 74 valence electrons. The summed E-state index contributed by atoms with van der Waals surface area (Å²) in [5, 5.41) is 3.34. The summed E-state index contributed by atoms with van der Waals surface area (Å²) in [5.41, 5.74) is 0. The van der Waals surface area contributed by atoms with Crippen LogP contribution in [0.25, 0.3) is 0 Å². The first-order valence-electron chi connectivity index (χ1n) is 5.10. The van der Waals surface area contributed by atoms with E-state index in [2.05, 4.69) is 18.2 Å². The second-order valence-corrected chi connectivity index (χ2v) is 3.69. The Hall–Kier alpha value is -0.520. The van der Waals surface area contributed by atoms with Crippen molar-refractivity contribution >= 4 is 0 Å². The predicted molar refractivity (Wildman–Crippen MR) is 54.5 cm³/mol. The largest absolute Gasteiger partial charge is 0.377 e. The number of rotatable bonds is 4. The van der Waals surface area contributed by atoms with Gasteiger partial charge in [-0.1, -0.05) is 6.92 Å². The van der Waals surface area contributed by atoms with Crippen LogP contribution in [-0.2, 0) is 4.74 Å². The summed E-state index contributed by atoms with van der Waals surface area (Å²) in [6.07, 6.45) is 8.59. The summed E-state index contributed by atoms with van der Waals surface area (Å²) < 4.78 is 5.74. The quantitative estimate of drug-likeness (QED) is 0.523. The van der Waals surface area contributed by atoms with Gasteiger partial charge in [0.05, 0.1) is 6.10 Å². The average Bonchev–Trinajstić information content (AvgIpc) is 2.15. The van der Waals surface area contributed by atoms with Crippen molar-refractivity contribution in [3.63, 3.8) is 0 Å². The van der Waals surface area contributed by atoms with Crippen LogP contribution in [0.4, 0.5) is 0 Å². The second kappa shape index (κ2) is 6.01. The molecule has 0 saturated carbocycles. The highest BCUT2D eigenvalue weighted by molar-refractivity contribution is 4.83. The fourth-order valence-corrected chi connectivity index (χ4v) is 1.59. The van der Waals surface area contributed by atoms with Gasteiger partial charge in [-0.15, -0.1) is 12.3 Å². The Balaban J connectivity index is 2.09. The summed E-state index contributed by atoms with van der Waals surface area (Å²) in [6, 6.07) is 0. The van der Waals surface area contributed by atoms with Crippen LogP contribution in [0.5, 0.6) is 0 Å². The molecule has 0 aromatic heterocycles. The van der Waals surface area contributed by atoms with E-state index in [0.29, 0.717) is 12.0 Å². The van der Waals surface area contributed by atoms with Crippen LogP contribution in [0, 0.1) is 18.3 Å². The van der Waals surface area contributed by atoms with Gasteiger partial charge in [-0.25, -0.2) is 0 Å². The van der Waals surface area contributed by atoms with Crippen LogP contribution >= 0.6 is 0 Å². The van der Waals surface area contributed by atoms with Gasteiger partial charge in [-0.2, -0.15) is 0 Å². The Morgan fingerprint density at radius 3 is 3.15 bits per heavy atom. The van der Waals surface area contributed by atoms with Crippen molar-refractivity contribution in [2.75, 3.05) is 19.7 Å². The maximum Gasteiger partial charge on any atom is 0.0725 e. The lowest BCUT2D eigenvalue weighted by atomic mass is 9.97. The average molecular weight is 181 g/mol. The number of unbranched alkanes of at least 4 members (excludes halogenated alkanes) is 1. The van der Waals surface area contributed by atoms with Gasteiger partial charge in [0.1, 0.15) is 0 Å². The molecule has 0 radical (unpaired) electrons. The first kappa shape index (κ1) is 10.6. The van der Waals surface area contributed by atoms with E-state index < -0.39 is 0 Å². The van der Waals surface area contributed by atoms with Crippen LogP contribution in [0.1, 0.15) is 26.2 Å². The SMILES string of the molecule is C#CCCCOC1CNCCC1C. The Kier molecular flexibility index (Phi) is 4.88. The van der Waals surface area contributed by atoms with Crippen molar-refractivity contribution in [1.82, 2.24) is 5.32 Å². The zero-order chi connectivity index (χ0) is 9.52. The van der Waals surface area contributed by atoms with Gasteiger partial charge in [-0.05, 0) is 25.3 Å². The van der Waals surface area contributed by atoms with E-state index in [1.165, 1.54) is 6.42 Å². The maximum atomic E-state index is 5.74. The first-order valence-corrected chi connectivity index (χ1v) is 5.10. The molecule has 1 heterocycles. The summed E-state index contributed by atoms with van der Waals surface area (Å²) in [5.74, 6) is 3.31. The fraction of sp³-hybridized carbons (Fsp3) is 0.818. The Morgan fingerprint density at radius 1 is 1.62 bits per heavy atom. The van der Waals surface area contributed by atoms with E-state index in [1.54, 1.807) is 0 Å². The van der Waals surface area contributed by atoms with E-state index in [1.807, 2.05) is 0 Å². The van der Waals surface area contributed by atoms with Gasteiger partial charge in [-0.3, -0.25) is 0 Å². The minimum atomic E-state index is 0.395. The van der Waals surface area contributed by atoms with Crippen LogP contribution in [0.2, 0.25) is 0 Å². The lowest BCUT2D eigenvalue weighted by Gasteiger charge is -2.29. The fourth-order valence-electron chi connectivity index (χ4n) is 1.59. The van der Waals surface area contributed by atoms with Gasteiger partial charge in [0, 0.05) is 19.6 Å². The molecular weight excluding hydrogens is 162 g/mol. The minimum absolute atomic E-state index is 0.395. The molecule has 1 aliphatic rings. The highest BCUT2D eigenvalue weighted by Crippen LogP contribution is 2.14. The zero-order valence-corrected chi connectivity index (χ0v) is 8.38. The third-order valence-corrected chi connectivity index (χ3v) is 2.55. The topological polar surface area (TPSA) is 21.3 Å². The Bertz CT molecular complexity index is 173. The summed E-state index contributed by atoms with van der Waals surface area (Å²) in [7, 11) is 0. The molecule has 0 bridgehead atoms. The van der Waals surface area contributed by atoms with Crippen molar-refractivity contribution < 1.29 is 4.74 Å². The van der Waals surface area contributed by atoms with Gasteiger partial charge < -0.3 is 10.1 Å². The highest BCUT2D eigenvalue weighted by atomic mass is 16.5. The van der Waals surface area contributed by atoms with Gasteiger partial charge in [0.15, 0.2) is 0 Å². The molecule has 0 aliphatic carbocycles. The number of ether oxygens (including phenoxy) is 1. The summed E-state index contributed by atoms with van der Waals surface area (Å²) >= 11 is 0. The van der Waals surface area contributed by atoms with Crippen LogP contribution in [0.3, 0.4) is 0 Å². The molecule has 1 fully saturated rings. The smallest absolute Gasteiger partial charge is 0.0725 e. The number of terminal acetylenes is 1. The summed E-state index contributed by atoms with van der Waals surface area (Å²) in [4.78, 5) is 0. The number of nitrogens with one attached hydrogen (secondary N) is 1. The summed E-state index contributed by atoms with van der Waals surface area (Å²) in [6.45, 7) is 5.19. The van der Waals surface area contributed by atoms with E-state index in [9.17, 15) is 0 Å². The second-order valence-electron chi connectivity index (χ2n) is 3.69. The molecule has 1 aliphatic heterocycles. The van der Waals surface area contributed by atoms with E-state index in [0.717, 1.165) is 32.5 Å². The molecule has 2 unspecified atom stereocenters. The normalized spacial score (nSPS) is 28.3. The van der Waals surface area contributed by atoms with Crippen LogP contribution < -0.4 is 5.32 Å². The maximum absolute atomic E-state index is 5.74. The molecule has 1 rings (SSSR count). The molecular formula is C11H19NO. The van der Waals surface area contributed by atoms with Crippen LogP contribution in [0.15, 0.2) is 0 Å². The number of piperidine rings is 1. The molecule has 2 nitrogen and oxygen atoms in total. The lowest BCUT2D eigenvalue weighted by molar-refractivity contribution is 0.00354. The molecule has 13 heavy (non-hydrogen) atoms. The van der Waals surface area contributed by atoms with Gasteiger partial charge >= 0.3 is 0 Å². The molecule has 0 spiro atoms. The van der Waals surface area contributed by atoms with E-state index >= 15 is 0 Å². The van der Waals surface area contributed by atoms with Gasteiger partial charge in [0.25, 0.3) is 0 Å². The molecule has 0 amide bonds. The predicted octanol–water partition coefficient (Wildman–Crippen LogP) is 1.41. The molecule has 1 N–H and O–H groups in total. The lowest BCUT2D eigenvalue weighted by Crippen LogP contribution is -2.41. The number of hydrogen-bond acceptors (Lipinski definition) is 2. The molecule has 1 saturated heterocycles. The monoisotopic (exact) mass is 181 g/mol. The number of hydrogen-bond donors (Lipinski definition) is 1. The van der Waals surface area contributed by atoms with E-state index in [-0.39, 0.29) is 0 Å².